The summed E-state index contributed by atoms with van der Waals surface area (Å²) in [6.07, 6.45) is 0.882. The van der Waals surface area contributed by atoms with E-state index in [0.717, 1.165) is 13.0 Å². The highest BCUT2D eigenvalue weighted by molar-refractivity contribution is 5.79. The highest BCUT2D eigenvalue weighted by Gasteiger charge is 2.38. The molecular weight excluding hydrogens is 224 g/mol. The van der Waals surface area contributed by atoms with Gasteiger partial charge < -0.3 is 10.6 Å². The van der Waals surface area contributed by atoms with E-state index >= 15 is 0 Å². The van der Waals surface area contributed by atoms with Crippen molar-refractivity contribution in [3.63, 3.8) is 0 Å². The summed E-state index contributed by atoms with van der Waals surface area (Å²) >= 11 is 0. The minimum atomic E-state index is -0.227. The van der Waals surface area contributed by atoms with Crippen molar-refractivity contribution in [2.75, 3.05) is 6.54 Å². The van der Waals surface area contributed by atoms with Gasteiger partial charge in [0, 0.05) is 24.0 Å². The Morgan fingerprint density at radius 3 is 2.00 bits per heavy atom. The third kappa shape index (κ3) is 4.97. The van der Waals surface area contributed by atoms with Gasteiger partial charge in [-0.05, 0) is 25.7 Å². The van der Waals surface area contributed by atoms with Gasteiger partial charge in [0.15, 0.2) is 0 Å². The summed E-state index contributed by atoms with van der Waals surface area (Å²) < 4.78 is 0. The number of hydrogen-bond donors (Lipinski definition) is 2. The molecule has 108 valence electrons. The van der Waals surface area contributed by atoms with Crippen molar-refractivity contribution in [2.24, 2.45) is 11.3 Å². The second-order valence-electron chi connectivity index (χ2n) is 6.84. The molecule has 0 aromatic heterocycles. The standard InChI is InChI=1S/C15H32N2O/c1-9-12(4)13(18)17-15(7,8)14(5,6)10-16-11(2)3/h11-12,16H,9-10H2,1-8H3,(H,17,18). The van der Waals surface area contributed by atoms with Crippen molar-refractivity contribution in [1.82, 2.24) is 10.6 Å². The smallest absolute Gasteiger partial charge is 0.223 e. The monoisotopic (exact) mass is 256 g/mol. The average molecular weight is 256 g/mol. The first-order chi connectivity index (χ1) is 8.03. The van der Waals surface area contributed by atoms with Crippen molar-refractivity contribution in [3.8, 4) is 0 Å². The summed E-state index contributed by atoms with van der Waals surface area (Å²) in [6, 6.07) is 0.463. The summed E-state index contributed by atoms with van der Waals surface area (Å²) in [7, 11) is 0. The van der Waals surface area contributed by atoms with E-state index < -0.39 is 0 Å². The third-order valence-electron chi connectivity index (χ3n) is 4.14. The van der Waals surface area contributed by atoms with Crippen molar-refractivity contribution in [2.45, 2.75) is 73.4 Å². The number of hydrogen-bond acceptors (Lipinski definition) is 2. The van der Waals surface area contributed by atoms with Crippen molar-refractivity contribution in [1.29, 1.82) is 0 Å². The molecule has 0 spiro atoms. The molecule has 0 aromatic rings. The second kappa shape index (κ2) is 6.55. The Morgan fingerprint density at radius 1 is 1.11 bits per heavy atom. The van der Waals surface area contributed by atoms with E-state index in [4.69, 9.17) is 0 Å². The molecule has 0 aliphatic carbocycles. The number of carbonyl (C=O) groups is 1. The largest absolute Gasteiger partial charge is 0.350 e. The molecule has 18 heavy (non-hydrogen) atoms. The molecule has 0 rings (SSSR count). The molecule has 0 aliphatic heterocycles. The average Bonchev–Trinajstić information content (AvgIpc) is 2.24. The summed E-state index contributed by atoms with van der Waals surface area (Å²) in [4.78, 5) is 12.0. The predicted molar refractivity (Wildman–Crippen MR) is 78.6 cm³/mol. The molecular formula is C15H32N2O. The van der Waals surface area contributed by atoms with Crippen LogP contribution in [0.3, 0.4) is 0 Å². The minimum Gasteiger partial charge on any atom is -0.350 e. The van der Waals surface area contributed by atoms with Crippen molar-refractivity contribution >= 4 is 5.91 Å². The van der Waals surface area contributed by atoms with Gasteiger partial charge in [-0.1, -0.05) is 41.5 Å². The fourth-order valence-corrected chi connectivity index (χ4v) is 1.47. The maximum Gasteiger partial charge on any atom is 0.223 e. The summed E-state index contributed by atoms with van der Waals surface area (Å²) in [5.41, 5.74) is -0.226. The van der Waals surface area contributed by atoms with Crippen LogP contribution in [0.5, 0.6) is 0 Å². The van der Waals surface area contributed by atoms with Crippen LogP contribution >= 0.6 is 0 Å². The molecule has 1 amide bonds. The molecule has 0 aromatic carbocycles. The zero-order chi connectivity index (χ0) is 14.6. The Kier molecular flexibility index (Phi) is 6.35. The molecule has 3 nitrogen and oxygen atoms in total. The van der Waals surface area contributed by atoms with E-state index in [-0.39, 0.29) is 22.8 Å². The van der Waals surface area contributed by atoms with E-state index in [1.807, 2.05) is 13.8 Å². The summed E-state index contributed by atoms with van der Waals surface area (Å²) in [5.74, 6) is 0.234. The Balaban J connectivity index is 4.63. The van der Waals surface area contributed by atoms with Crippen molar-refractivity contribution < 1.29 is 4.79 Å². The molecule has 0 radical (unpaired) electrons. The van der Waals surface area contributed by atoms with Gasteiger partial charge in [0.2, 0.25) is 5.91 Å². The van der Waals surface area contributed by atoms with Gasteiger partial charge in [-0.25, -0.2) is 0 Å². The molecule has 0 bridgehead atoms. The summed E-state index contributed by atoms with van der Waals surface area (Å²) in [6.45, 7) is 17.8. The molecule has 1 unspecified atom stereocenters. The molecule has 0 heterocycles. The Bertz CT molecular complexity index is 270. The number of nitrogens with one attached hydrogen (secondary N) is 2. The van der Waals surface area contributed by atoms with Crippen LogP contribution in [0.4, 0.5) is 0 Å². The lowest BCUT2D eigenvalue weighted by Crippen LogP contribution is -2.58. The van der Waals surface area contributed by atoms with Crippen LogP contribution in [0, 0.1) is 11.3 Å². The van der Waals surface area contributed by atoms with E-state index in [1.165, 1.54) is 0 Å². The SMILES string of the molecule is CCC(C)C(=O)NC(C)(C)C(C)(C)CNC(C)C. The van der Waals surface area contributed by atoms with Gasteiger partial charge in [-0.15, -0.1) is 0 Å². The van der Waals surface area contributed by atoms with Crippen LogP contribution in [0.15, 0.2) is 0 Å². The topological polar surface area (TPSA) is 41.1 Å². The highest BCUT2D eigenvalue weighted by atomic mass is 16.2. The van der Waals surface area contributed by atoms with Crippen molar-refractivity contribution in [3.05, 3.63) is 0 Å². The van der Waals surface area contributed by atoms with E-state index in [2.05, 4.69) is 52.2 Å². The van der Waals surface area contributed by atoms with E-state index in [1.54, 1.807) is 0 Å². The summed E-state index contributed by atoms with van der Waals surface area (Å²) in [5, 5.41) is 6.65. The van der Waals surface area contributed by atoms with Gasteiger partial charge in [0.25, 0.3) is 0 Å². The fraction of sp³-hybridized carbons (Fsp3) is 0.933. The molecule has 0 saturated heterocycles. The fourth-order valence-electron chi connectivity index (χ4n) is 1.47. The van der Waals surface area contributed by atoms with Crippen LogP contribution < -0.4 is 10.6 Å². The van der Waals surface area contributed by atoms with Gasteiger partial charge in [0.05, 0.1) is 0 Å². The first kappa shape index (κ1) is 17.4. The molecule has 0 saturated carbocycles. The van der Waals surface area contributed by atoms with Crippen LogP contribution in [0.25, 0.3) is 0 Å². The molecule has 0 fully saturated rings. The lowest BCUT2D eigenvalue weighted by molar-refractivity contribution is -0.127. The normalized spacial score (nSPS) is 14.7. The number of rotatable bonds is 7. The van der Waals surface area contributed by atoms with Crippen LogP contribution in [0.1, 0.15) is 61.8 Å². The highest BCUT2D eigenvalue weighted by Crippen LogP contribution is 2.30. The molecule has 1 atom stereocenters. The predicted octanol–water partition coefficient (Wildman–Crippen LogP) is 2.95. The van der Waals surface area contributed by atoms with Crippen LogP contribution in [-0.2, 0) is 4.79 Å². The maximum atomic E-state index is 12.0. The lowest BCUT2D eigenvalue weighted by Gasteiger charge is -2.43. The Morgan fingerprint density at radius 2 is 1.61 bits per heavy atom. The zero-order valence-corrected chi connectivity index (χ0v) is 13.5. The quantitative estimate of drug-likeness (QED) is 0.735. The second-order valence-corrected chi connectivity index (χ2v) is 6.84. The Hall–Kier alpha value is -0.570. The zero-order valence-electron chi connectivity index (χ0n) is 13.5. The first-order valence-electron chi connectivity index (χ1n) is 7.09. The van der Waals surface area contributed by atoms with Gasteiger partial charge in [-0.2, -0.15) is 0 Å². The van der Waals surface area contributed by atoms with E-state index in [0.29, 0.717) is 6.04 Å². The van der Waals surface area contributed by atoms with Gasteiger partial charge in [0.1, 0.15) is 0 Å². The maximum absolute atomic E-state index is 12.0. The van der Waals surface area contributed by atoms with Crippen LogP contribution in [0.2, 0.25) is 0 Å². The number of carbonyl (C=O) groups excluding carboxylic acids is 1. The van der Waals surface area contributed by atoms with Gasteiger partial charge in [-0.3, -0.25) is 4.79 Å². The van der Waals surface area contributed by atoms with Crippen LogP contribution in [-0.4, -0.2) is 24.0 Å². The van der Waals surface area contributed by atoms with Gasteiger partial charge >= 0.3 is 0 Å². The number of amides is 1. The lowest BCUT2D eigenvalue weighted by atomic mass is 9.74. The molecule has 2 N–H and O–H groups in total. The first-order valence-corrected chi connectivity index (χ1v) is 7.09. The third-order valence-corrected chi connectivity index (χ3v) is 4.14. The minimum absolute atomic E-state index is 0.000388. The Labute approximate surface area is 113 Å². The molecule has 0 aliphatic rings. The molecule has 3 heteroatoms. The van der Waals surface area contributed by atoms with E-state index in [9.17, 15) is 4.79 Å².